The van der Waals surface area contributed by atoms with E-state index >= 15 is 0 Å². The number of benzene rings is 1. The number of hydrogen-bond donors (Lipinski definition) is 1. The van der Waals surface area contributed by atoms with E-state index in [4.69, 9.17) is 9.47 Å². The average molecular weight is 457 g/mol. The monoisotopic (exact) mass is 457 g/mol. The molecule has 8 nitrogen and oxygen atoms in total. The molecule has 2 saturated carbocycles. The van der Waals surface area contributed by atoms with Crippen molar-refractivity contribution in [2.24, 2.45) is 11.8 Å². The number of amides is 2. The van der Waals surface area contributed by atoms with Crippen LogP contribution in [0.25, 0.3) is 0 Å². The van der Waals surface area contributed by atoms with Gasteiger partial charge in [-0.25, -0.2) is 8.78 Å². The van der Waals surface area contributed by atoms with E-state index in [1.807, 2.05) is 0 Å². The molecule has 2 aliphatic heterocycles. The lowest BCUT2D eigenvalue weighted by Crippen LogP contribution is -2.58. The zero-order valence-electron chi connectivity index (χ0n) is 17.7. The van der Waals surface area contributed by atoms with Crippen LogP contribution in [0.4, 0.5) is 8.78 Å². The van der Waals surface area contributed by atoms with Crippen molar-refractivity contribution in [3.05, 3.63) is 63.1 Å². The maximum absolute atomic E-state index is 13.9. The summed E-state index contributed by atoms with van der Waals surface area (Å²) >= 11 is 0. The molecule has 3 heterocycles. The maximum atomic E-state index is 13.9. The second kappa shape index (κ2) is 7.11. The summed E-state index contributed by atoms with van der Waals surface area (Å²) in [6.45, 7) is 0.0378. The van der Waals surface area contributed by atoms with E-state index in [0.29, 0.717) is 11.8 Å². The highest BCUT2D eigenvalue weighted by atomic mass is 19.1. The van der Waals surface area contributed by atoms with Gasteiger partial charge in [-0.2, -0.15) is 0 Å². The number of rotatable bonds is 4. The summed E-state index contributed by atoms with van der Waals surface area (Å²) in [6.07, 6.45) is 2.88. The molecule has 2 bridgehead atoms. The van der Waals surface area contributed by atoms with Gasteiger partial charge in [0.1, 0.15) is 17.2 Å². The number of halogens is 2. The smallest absolute Gasteiger partial charge is 0.276 e. The molecule has 2 unspecified atom stereocenters. The summed E-state index contributed by atoms with van der Waals surface area (Å²) in [5.41, 5.74) is -0.781. The maximum Gasteiger partial charge on any atom is 0.276 e. The molecule has 0 spiro atoms. The van der Waals surface area contributed by atoms with Crippen molar-refractivity contribution in [1.82, 2.24) is 14.8 Å². The Bertz CT molecular complexity index is 1260. The van der Waals surface area contributed by atoms with Crippen molar-refractivity contribution in [3.8, 4) is 5.75 Å². The van der Waals surface area contributed by atoms with E-state index in [1.54, 1.807) is 4.90 Å². The molecule has 2 aromatic rings. The third-order valence-electron chi connectivity index (χ3n) is 7.27. The number of methoxy groups -OCH3 is 1. The van der Waals surface area contributed by atoms with Gasteiger partial charge in [0.05, 0.1) is 19.8 Å². The van der Waals surface area contributed by atoms with Gasteiger partial charge in [-0.15, -0.1) is 0 Å². The fraction of sp³-hybridized carbons (Fsp3) is 0.435. The molecule has 2 aliphatic carbocycles. The van der Waals surface area contributed by atoms with Crippen LogP contribution in [-0.4, -0.2) is 46.8 Å². The third kappa shape index (κ3) is 3.00. The Morgan fingerprint density at radius 1 is 1.24 bits per heavy atom. The average Bonchev–Trinajstić information content (AvgIpc) is 3.53. The van der Waals surface area contributed by atoms with E-state index in [-0.39, 0.29) is 53.7 Å². The Labute approximate surface area is 187 Å². The first-order chi connectivity index (χ1) is 15.9. The molecule has 2 amide bonds. The van der Waals surface area contributed by atoms with E-state index < -0.39 is 29.2 Å². The minimum Gasteiger partial charge on any atom is -0.491 e. The number of fused-ring (bicyclic) bond motifs is 8. The molecule has 172 valence electrons. The van der Waals surface area contributed by atoms with Gasteiger partial charge in [-0.05, 0) is 30.7 Å². The Kier molecular flexibility index (Phi) is 4.39. The molecule has 1 saturated heterocycles. The van der Waals surface area contributed by atoms with E-state index in [2.05, 4.69) is 5.32 Å². The van der Waals surface area contributed by atoms with Gasteiger partial charge in [0, 0.05) is 30.4 Å². The Morgan fingerprint density at radius 3 is 2.82 bits per heavy atom. The summed E-state index contributed by atoms with van der Waals surface area (Å²) in [7, 11) is 1.28. The van der Waals surface area contributed by atoms with Crippen LogP contribution < -0.4 is 15.5 Å². The molecular weight excluding hydrogens is 436 g/mol. The number of ether oxygens (including phenoxy) is 2. The highest BCUT2D eigenvalue weighted by molar-refractivity contribution is 5.99. The van der Waals surface area contributed by atoms with Gasteiger partial charge < -0.3 is 24.3 Å². The quantitative estimate of drug-likeness (QED) is 0.754. The highest BCUT2D eigenvalue weighted by Gasteiger charge is 2.63. The lowest BCUT2D eigenvalue weighted by Gasteiger charge is -2.45. The van der Waals surface area contributed by atoms with Crippen LogP contribution in [0.15, 0.2) is 29.2 Å². The van der Waals surface area contributed by atoms with Crippen molar-refractivity contribution >= 4 is 11.8 Å². The zero-order valence-corrected chi connectivity index (χ0v) is 17.7. The SMILES string of the molecule is COc1c2n(cc(C(=O)NCc3ccc(F)cc3F)c1=O)CC1O[C@H]3C[C@H](C4C[C@@H]43)N1C2=O. The van der Waals surface area contributed by atoms with Gasteiger partial charge in [-0.1, -0.05) is 6.07 Å². The molecule has 5 atom stereocenters. The van der Waals surface area contributed by atoms with Crippen molar-refractivity contribution in [2.45, 2.75) is 44.3 Å². The summed E-state index contributed by atoms with van der Waals surface area (Å²) in [5.74, 6) is -1.88. The topological polar surface area (TPSA) is 89.9 Å². The number of aromatic nitrogens is 1. The first-order valence-corrected chi connectivity index (χ1v) is 10.9. The van der Waals surface area contributed by atoms with Crippen LogP contribution in [0, 0.1) is 23.5 Å². The molecular formula is C23H21F2N3O5. The largest absolute Gasteiger partial charge is 0.491 e. The summed E-state index contributed by atoms with van der Waals surface area (Å²) in [5, 5.41) is 2.48. The predicted molar refractivity (Wildman–Crippen MR) is 110 cm³/mol. The predicted octanol–water partition coefficient (Wildman–Crippen LogP) is 1.65. The summed E-state index contributed by atoms with van der Waals surface area (Å²) < 4.78 is 40.0. The Hall–Kier alpha value is -3.27. The molecule has 3 fully saturated rings. The Balaban J connectivity index is 1.32. The molecule has 6 rings (SSSR count). The number of carbonyl (C=O) groups excluding carboxylic acids is 2. The van der Waals surface area contributed by atoms with Crippen LogP contribution in [0.1, 0.15) is 39.3 Å². The second-order valence-corrected chi connectivity index (χ2v) is 9.03. The van der Waals surface area contributed by atoms with Gasteiger partial charge in [-0.3, -0.25) is 14.4 Å². The second-order valence-electron chi connectivity index (χ2n) is 9.03. The minimum absolute atomic E-state index is 0.0743. The number of hydrogen-bond acceptors (Lipinski definition) is 5. The highest BCUT2D eigenvalue weighted by Crippen LogP contribution is 2.58. The van der Waals surface area contributed by atoms with E-state index in [9.17, 15) is 23.2 Å². The van der Waals surface area contributed by atoms with Crippen molar-refractivity contribution in [3.63, 3.8) is 0 Å². The lowest BCUT2D eigenvalue weighted by molar-refractivity contribution is -0.144. The number of carbonyl (C=O) groups is 2. The number of pyridine rings is 1. The lowest BCUT2D eigenvalue weighted by atomic mass is 10.0. The number of nitrogens with one attached hydrogen (secondary N) is 1. The molecule has 0 radical (unpaired) electrons. The van der Waals surface area contributed by atoms with Gasteiger partial charge in [0.25, 0.3) is 11.8 Å². The molecule has 1 N–H and O–H groups in total. The first kappa shape index (κ1) is 20.3. The van der Waals surface area contributed by atoms with Crippen LogP contribution in [0.2, 0.25) is 0 Å². The van der Waals surface area contributed by atoms with Gasteiger partial charge in [0.15, 0.2) is 17.7 Å². The molecule has 33 heavy (non-hydrogen) atoms. The Morgan fingerprint density at radius 2 is 2.06 bits per heavy atom. The fourth-order valence-electron chi connectivity index (χ4n) is 5.64. The molecule has 1 aromatic carbocycles. The van der Waals surface area contributed by atoms with Crippen molar-refractivity contribution in [2.75, 3.05) is 7.11 Å². The molecule has 4 aliphatic rings. The van der Waals surface area contributed by atoms with Gasteiger partial charge in [0.2, 0.25) is 5.43 Å². The van der Waals surface area contributed by atoms with E-state index in [0.717, 1.165) is 25.0 Å². The normalized spacial score (nSPS) is 28.6. The van der Waals surface area contributed by atoms with Crippen LogP contribution in [0.5, 0.6) is 5.75 Å². The van der Waals surface area contributed by atoms with Crippen LogP contribution in [0.3, 0.4) is 0 Å². The standard InChI is InChI=1S/C23H21F2N3O5/c1-32-21-19-23(31)28-16-6-17(13-5-12(13)16)33-18(28)9-27(19)8-14(20(21)29)22(30)26-7-10-2-3-11(24)4-15(10)25/h2-4,8,12-13,16-18H,5-7,9H2,1H3,(H,26,30)/t12?,13-,16+,17-,18?/m0/s1. The fourth-order valence-corrected chi connectivity index (χ4v) is 5.64. The number of nitrogens with zero attached hydrogens (tertiary/aromatic N) is 2. The van der Waals surface area contributed by atoms with Crippen molar-refractivity contribution in [1.29, 1.82) is 0 Å². The van der Waals surface area contributed by atoms with Crippen LogP contribution in [-0.2, 0) is 17.8 Å². The summed E-state index contributed by atoms with van der Waals surface area (Å²) in [6, 6.07) is 3.13. The third-order valence-corrected chi connectivity index (χ3v) is 7.27. The van der Waals surface area contributed by atoms with Gasteiger partial charge >= 0.3 is 0 Å². The van der Waals surface area contributed by atoms with Crippen molar-refractivity contribution < 1.29 is 27.8 Å². The zero-order chi connectivity index (χ0) is 23.0. The molecule has 1 aromatic heterocycles. The summed E-state index contributed by atoms with van der Waals surface area (Å²) in [4.78, 5) is 41.0. The van der Waals surface area contributed by atoms with E-state index in [1.165, 1.54) is 23.9 Å². The molecule has 10 heteroatoms. The first-order valence-electron chi connectivity index (χ1n) is 10.9. The van der Waals surface area contributed by atoms with Crippen LogP contribution >= 0.6 is 0 Å². The minimum atomic E-state index is -0.803.